The first-order chi connectivity index (χ1) is 16.6. The first-order valence-electron chi connectivity index (χ1n) is 11.1. The molecule has 0 saturated carbocycles. The highest BCUT2D eigenvalue weighted by Crippen LogP contribution is 2.33. The molecule has 0 spiro atoms. The number of likely N-dealkylation sites (N-methyl/N-ethyl adjacent to an activating group) is 1. The molecule has 0 amide bonds. The number of nitrogens with two attached hydrogens (primary N) is 1. The maximum Gasteiger partial charge on any atom is 0.232 e. The van der Waals surface area contributed by atoms with Gasteiger partial charge in [0.2, 0.25) is 10.0 Å². The van der Waals surface area contributed by atoms with Crippen molar-refractivity contribution in [2.24, 2.45) is 4.99 Å². The van der Waals surface area contributed by atoms with Gasteiger partial charge in [-0.2, -0.15) is 0 Å². The molecule has 0 bridgehead atoms. The van der Waals surface area contributed by atoms with Gasteiger partial charge in [0.15, 0.2) is 5.88 Å². The van der Waals surface area contributed by atoms with E-state index >= 15 is 0 Å². The number of nitrogens with one attached hydrogen (secondary N) is 1. The third kappa shape index (κ3) is 5.47. The van der Waals surface area contributed by atoms with Crippen molar-refractivity contribution in [3.05, 3.63) is 83.9 Å². The van der Waals surface area contributed by atoms with Gasteiger partial charge in [0.05, 0.1) is 28.9 Å². The number of fused-ring (bicyclic) bond motifs is 1. The van der Waals surface area contributed by atoms with Gasteiger partial charge in [0.1, 0.15) is 0 Å². The molecule has 0 atom stereocenters. The molecular weight excluding hydrogens is 462 g/mol. The van der Waals surface area contributed by atoms with Gasteiger partial charge < -0.3 is 20.7 Å². The Balaban J connectivity index is 1.80. The Hall–Kier alpha value is -3.82. The van der Waals surface area contributed by atoms with E-state index in [4.69, 9.17) is 10.7 Å². The quantitative estimate of drug-likeness (QED) is 0.255. The summed E-state index contributed by atoms with van der Waals surface area (Å²) in [6.45, 7) is 0.933. The molecule has 0 aliphatic carbocycles. The average molecular weight is 492 g/mol. The van der Waals surface area contributed by atoms with Gasteiger partial charge in [0, 0.05) is 35.2 Å². The average Bonchev–Trinajstić information content (AvgIpc) is 3.12. The standard InChI is InChI=1S/C26H29N5O3S/c1-30(2)15-16-31(35(3,33)34)21-12-10-20(11-13-21)28-25(18-7-5-4-6-8-18)24-22-17-19(27)9-14-23(22)29-26(24)32/h4-14,17,29,32H,15-16,27H2,1-3H3. The largest absolute Gasteiger partial charge is 0.494 e. The third-order valence-corrected chi connectivity index (χ3v) is 6.81. The number of benzene rings is 3. The molecule has 0 saturated heterocycles. The van der Waals surface area contributed by atoms with E-state index in [1.54, 1.807) is 36.4 Å². The monoisotopic (exact) mass is 491 g/mol. The highest BCUT2D eigenvalue weighted by Gasteiger charge is 2.20. The van der Waals surface area contributed by atoms with Gasteiger partial charge in [-0.15, -0.1) is 0 Å². The van der Waals surface area contributed by atoms with Crippen molar-refractivity contribution in [2.75, 3.05) is 43.5 Å². The van der Waals surface area contributed by atoms with Gasteiger partial charge >= 0.3 is 0 Å². The number of anilines is 2. The summed E-state index contributed by atoms with van der Waals surface area (Å²) in [5.74, 6) is -0.00300. The van der Waals surface area contributed by atoms with Crippen LogP contribution in [0.15, 0.2) is 77.8 Å². The number of rotatable bonds is 8. The van der Waals surface area contributed by atoms with Crippen LogP contribution in [0.3, 0.4) is 0 Å². The van der Waals surface area contributed by atoms with Crippen molar-refractivity contribution < 1.29 is 13.5 Å². The summed E-state index contributed by atoms with van der Waals surface area (Å²) in [5, 5.41) is 11.5. The summed E-state index contributed by atoms with van der Waals surface area (Å²) in [7, 11) is 0.360. The molecule has 0 radical (unpaired) electrons. The molecule has 0 aliphatic rings. The molecule has 9 heteroatoms. The SMILES string of the molecule is CN(C)CCN(c1ccc(N=C(c2ccccc2)c2c(O)[nH]c3ccc(N)cc23)cc1)S(C)(=O)=O. The smallest absolute Gasteiger partial charge is 0.232 e. The van der Waals surface area contributed by atoms with Crippen molar-refractivity contribution in [3.63, 3.8) is 0 Å². The number of hydrogen-bond acceptors (Lipinski definition) is 6. The van der Waals surface area contributed by atoms with E-state index in [2.05, 4.69) is 4.98 Å². The van der Waals surface area contributed by atoms with Crippen molar-refractivity contribution >= 4 is 43.7 Å². The van der Waals surface area contributed by atoms with Crippen LogP contribution in [0.4, 0.5) is 17.1 Å². The maximum absolute atomic E-state index is 12.4. The predicted molar refractivity (Wildman–Crippen MR) is 143 cm³/mol. The molecule has 182 valence electrons. The van der Waals surface area contributed by atoms with E-state index in [0.29, 0.717) is 41.4 Å². The highest BCUT2D eigenvalue weighted by atomic mass is 32.2. The normalized spacial score (nSPS) is 12.4. The van der Waals surface area contributed by atoms with Crippen LogP contribution in [0.5, 0.6) is 5.88 Å². The van der Waals surface area contributed by atoms with Gasteiger partial charge in [-0.3, -0.25) is 4.31 Å². The van der Waals surface area contributed by atoms with Gasteiger partial charge in [-0.1, -0.05) is 30.3 Å². The number of aromatic hydroxyl groups is 1. The number of sulfonamides is 1. The third-order valence-electron chi connectivity index (χ3n) is 5.62. The lowest BCUT2D eigenvalue weighted by atomic mass is 10.0. The van der Waals surface area contributed by atoms with Crippen LogP contribution < -0.4 is 10.0 Å². The zero-order valence-corrected chi connectivity index (χ0v) is 20.7. The summed E-state index contributed by atoms with van der Waals surface area (Å²) >= 11 is 0. The molecule has 4 N–H and O–H groups in total. The van der Waals surface area contributed by atoms with E-state index in [9.17, 15) is 13.5 Å². The Morgan fingerprint density at radius 3 is 2.31 bits per heavy atom. The van der Waals surface area contributed by atoms with Crippen LogP contribution in [0, 0.1) is 0 Å². The Morgan fingerprint density at radius 1 is 1.00 bits per heavy atom. The van der Waals surface area contributed by atoms with Crippen molar-refractivity contribution in [1.82, 2.24) is 9.88 Å². The molecule has 0 unspecified atom stereocenters. The second-order valence-electron chi connectivity index (χ2n) is 8.63. The van der Waals surface area contributed by atoms with Crippen molar-refractivity contribution in [1.29, 1.82) is 0 Å². The van der Waals surface area contributed by atoms with Crippen LogP contribution in [0.2, 0.25) is 0 Å². The topological polar surface area (TPSA) is 115 Å². The number of aliphatic imine (C=N–C) groups is 1. The molecule has 0 aliphatic heterocycles. The number of hydrogen-bond donors (Lipinski definition) is 3. The number of nitrogens with zero attached hydrogens (tertiary/aromatic N) is 3. The van der Waals surface area contributed by atoms with Crippen LogP contribution in [-0.4, -0.2) is 62.6 Å². The zero-order valence-electron chi connectivity index (χ0n) is 19.9. The Kier molecular flexibility index (Phi) is 6.81. The van der Waals surface area contributed by atoms with Crippen molar-refractivity contribution in [3.8, 4) is 5.88 Å². The lowest BCUT2D eigenvalue weighted by Crippen LogP contribution is -2.35. The fourth-order valence-corrected chi connectivity index (χ4v) is 4.81. The molecule has 3 aromatic carbocycles. The second-order valence-corrected chi connectivity index (χ2v) is 10.5. The van der Waals surface area contributed by atoms with Gasteiger partial charge in [-0.25, -0.2) is 13.4 Å². The first kappa shape index (κ1) is 24.3. The van der Waals surface area contributed by atoms with Crippen LogP contribution in [0.25, 0.3) is 10.9 Å². The Bertz CT molecular complexity index is 1460. The summed E-state index contributed by atoms with van der Waals surface area (Å²) in [6, 6.07) is 22.0. The summed E-state index contributed by atoms with van der Waals surface area (Å²) in [4.78, 5) is 9.80. The van der Waals surface area contributed by atoms with Crippen molar-refractivity contribution in [2.45, 2.75) is 0 Å². The minimum atomic E-state index is -3.44. The van der Waals surface area contributed by atoms with Gasteiger partial charge in [-0.05, 0) is 56.6 Å². The summed E-state index contributed by atoms with van der Waals surface area (Å²) in [5.41, 5.74) is 10.5. The molecule has 8 nitrogen and oxygen atoms in total. The van der Waals surface area contributed by atoms with Crippen LogP contribution >= 0.6 is 0 Å². The van der Waals surface area contributed by atoms with E-state index in [1.165, 1.54) is 10.6 Å². The molecule has 35 heavy (non-hydrogen) atoms. The number of aromatic amines is 1. The number of H-pyrrole nitrogens is 1. The molecule has 1 heterocycles. The zero-order chi connectivity index (χ0) is 25.2. The second kappa shape index (κ2) is 9.81. The number of nitrogen functional groups attached to an aromatic ring is 1. The van der Waals surface area contributed by atoms with E-state index in [0.717, 1.165) is 16.5 Å². The molecule has 4 rings (SSSR count). The van der Waals surface area contributed by atoms with Crippen LogP contribution in [0.1, 0.15) is 11.1 Å². The minimum absolute atomic E-state index is 0.00300. The first-order valence-corrected chi connectivity index (χ1v) is 13.0. The van der Waals surface area contributed by atoms with Crippen LogP contribution in [-0.2, 0) is 10.0 Å². The maximum atomic E-state index is 12.4. The summed E-state index contributed by atoms with van der Waals surface area (Å²) in [6.07, 6.45) is 1.20. The van der Waals surface area contributed by atoms with E-state index < -0.39 is 10.0 Å². The van der Waals surface area contributed by atoms with Gasteiger partial charge in [0.25, 0.3) is 0 Å². The Labute approximate surface area is 205 Å². The van der Waals surface area contributed by atoms with E-state index in [-0.39, 0.29) is 5.88 Å². The minimum Gasteiger partial charge on any atom is -0.494 e. The highest BCUT2D eigenvalue weighted by molar-refractivity contribution is 7.92. The number of aromatic nitrogens is 1. The lowest BCUT2D eigenvalue weighted by molar-refractivity contribution is 0.419. The molecule has 4 aromatic rings. The molecular formula is C26H29N5O3S. The lowest BCUT2D eigenvalue weighted by Gasteiger charge is -2.24. The molecule has 1 aromatic heterocycles. The predicted octanol–water partition coefficient (Wildman–Crippen LogP) is 3.95. The fourth-order valence-electron chi connectivity index (χ4n) is 3.90. The molecule has 0 fully saturated rings. The van der Waals surface area contributed by atoms with E-state index in [1.807, 2.05) is 55.4 Å². The Morgan fingerprint density at radius 2 is 1.69 bits per heavy atom. The summed E-state index contributed by atoms with van der Waals surface area (Å²) < 4.78 is 26.1. The fraction of sp³-hybridized carbons (Fsp3) is 0.192.